The van der Waals surface area contributed by atoms with E-state index in [1.165, 1.54) is 12.1 Å². The van der Waals surface area contributed by atoms with Gasteiger partial charge in [0.15, 0.2) is 0 Å². The number of aromatic nitrogens is 1. The first-order valence-corrected chi connectivity index (χ1v) is 10.9. The molecule has 5 nitrogen and oxygen atoms in total. The number of pyridine rings is 1. The van der Waals surface area contributed by atoms with Crippen LogP contribution < -0.4 is 15.5 Å². The Morgan fingerprint density at radius 2 is 2.00 bits per heavy atom. The fourth-order valence-corrected chi connectivity index (χ4v) is 4.47. The zero-order valence-electron chi connectivity index (χ0n) is 17.6. The summed E-state index contributed by atoms with van der Waals surface area (Å²) in [6, 6.07) is 13.6. The highest BCUT2D eigenvalue weighted by Gasteiger charge is 2.24. The maximum Gasteiger partial charge on any atom is 0.141 e. The number of rotatable bonds is 5. The van der Waals surface area contributed by atoms with Crippen LogP contribution >= 0.6 is 11.6 Å². The smallest absolute Gasteiger partial charge is 0.141 e. The molecule has 1 aromatic heterocycles. The van der Waals surface area contributed by atoms with E-state index in [2.05, 4.69) is 52.6 Å². The second-order valence-corrected chi connectivity index (χ2v) is 8.50. The molecule has 31 heavy (non-hydrogen) atoms. The van der Waals surface area contributed by atoms with Gasteiger partial charge in [0.25, 0.3) is 0 Å². The predicted octanol–water partition coefficient (Wildman–Crippen LogP) is 5.61. The minimum Gasteiger partial charge on any atom is -0.366 e. The van der Waals surface area contributed by atoms with Gasteiger partial charge in [-0.05, 0) is 76.2 Å². The number of fused-ring (bicyclic) bond motifs is 1. The molecule has 0 radical (unpaired) electrons. The zero-order valence-corrected chi connectivity index (χ0v) is 18.4. The summed E-state index contributed by atoms with van der Waals surface area (Å²) in [5.41, 5.74) is 3.56. The van der Waals surface area contributed by atoms with Crippen LogP contribution in [0.1, 0.15) is 32.3 Å². The number of hydrogen-bond acceptors (Lipinski definition) is 5. The lowest BCUT2D eigenvalue weighted by molar-refractivity contribution is 0.413. The highest BCUT2D eigenvalue weighted by molar-refractivity contribution is 6.31. The van der Waals surface area contributed by atoms with Crippen molar-refractivity contribution < 1.29 is 4.39 Å². The van der Waals surface area contributed by atoms with E-state index in [4.69, 9.17) is 11.6 Å². The fourth-order valence-electron chi connectivity index (χ4n) is 4.29. The standard InChI is InChI=1S/C24H25ClFN5/c1-15(2)31(18-7-9-28-10-8-18)19-4-6-23-20(12-19)24(16(13-27)14-29-23)30-17-3-5-22(26)21(25)11-17/h3-6,11-12,14-15,18,28H,7-10H2,1-2H3,(H,29,30). The third-order valence-corrected chi connectivity index (χ3v) is 6.01. The van der Waals surface area contributed by atoms with Crippen LogP contribution in [0.25, 0.3) is 10.9 Å². The minimum atomic E-state index is -0.482. The minimum absolute atomic E-state index is 0.0273. The third-order valence-electron chi connectivity index (χ3n) is 5.72. The van der Waals surface area contributed by atoms with E-state index in [0.717, 1.165) is 42.5 Å². The predicted molar refractivity (Wildman–Crippen MR) is 125 cm³/mol. The second-order valence-electron chi connectivity index (χ2n) is 8.10. The SMILES string of the molecule is CC(C)N(c1ccc2ncc(C#N)c(Nc3ccc(F)c(Cl)c3)c2c1)C1CCNCC1. The monoisotopic (exact) mass is 437 g/mol. The number of halogens is 2. The van der Waals surface area contributed by atoms with Crippen LogP contribution in [0.3, 0.4) is 0 Å². The third kappa shape index (κ3) is 4.43. The highest BCUT2D eigenvalue weighted by Crippen LogP contribution is 2.34. The molecule has 1 saturated heterocycles. The van der Waals surface area contributed by atoms with Crippen molar-refractivity contribution in [3.63, 3.8) is 0 Å². The first-order chi connectivity index (χ1) is 15.0. The first-order valence-electron chi connectivity index (χ1n) is 10.5. The van der Waals surface area contributed by atoms with Gasteiger partial charge in [-0.1, -0.05) is 11.6 Å². The summed E-state index contributed by atoms with van der Waals surface area (Å²) in [5.74, 6) is -0.482. The average Bonchev–Trinajstić information content (AvgIpc) is 2.77. The van der Waals surface area contributed by atoms with Gasteiger partial charge in [0.05, 0.1) is 21.8 Å². The van der Waals surface area contributed by atoms with Crippen LogP contribution in [0.2, 0.25) is 5.02 Å². The molecule has 2 N–H and O–H groups in total. The molecule has 0 saturated carbocycles. The molecule has 1 aliphatic heterocycles. The van der Waals surface area contributed by atoms with Gasteiger partial charge in [0.1, 0.15) is 11.9 Å². The molecular weight excluding hydrogens is 413 g/mol. The van der Waals surface area contributed by atoms with Crippen LogP contribution in [0.4, 0.5) is 21.5 Å². The summed E-state index contributed by atoms with van der Waals surface area (Å²) in [5, 5.41) is 17.3. The number of hydrogen-bond donors (Lipinski definition) is 2. The first kappa shape index (κ1) is 21.4. The summed E-state index contributed by atoms with van der Waals surface area (Å²) in [6.45, 7) is 6.44. The van der Waals surface area contributed by atoms with Crippen molar-refractivity contribution in [2.24, 2.45) is 0 Å². The van der Waals surface area contributed by atoms with Crippen molar-refractivity contribution in [3.8, 4) is 6.07 Å². The van der Waals surface area contributed by atoms with Crippen LogP contribution in [-0.2, 0) is 0 Å². The van der Waals surface area contributed by atoms with Crippen LogP contribution in [-0.4, -0.2) is 30.2 Å². The molecule has 1 aliphatic rings. The normalized spacial score (nSPS) is 14.6. The topological polar surface area (TPSA) is 64.0 Å². The Bertz CT molecular complexity index is 1130. The molecule has 7 heteroatoms. The lowest BCUT2D eigenvalue weighted by atomic mass is 10.0. The lowest BCUT2D eigenvalue weighted by Crippen LogP contribution is -2.46. The van der Waals surface area contributed by atoms with Gasteiger partial charge >= 0.3 is 0 Å². The summed E-state index contributed by atoms with van der Waals surface area (Å²) in [4.78, 5) is 6.92. The molecule has 0 bridgehead atoms. The maximum atomic E-state index is 13.6. The van der Waals surface area contributed by atoms with Crippen LogP contribution in [0, 0.1) is 17.1 Å². The van der Waals surface area contributed by atoms with Gasteiger partial charge in [-0.2, -0.15) is 5.26 Å². The van der Waals surface area contributed by atoms with Crippen molar-refractivity contribution in [3.05, 3.63) is 59.0 Å². The van der Waals surface area contributed by atoms with Crippen molar-refractivity contribution in [1.29, 1.82) is 5.26 Å². The number of nitrogens with zero attached hydrogens (tertiary/aromatic N) is 3. The van der Waals surface area contributed by atoms with E-state index >= 15 is 0 Å². The molecule has 0 aliphatic carbocycles. The van der Waals surface area contributed by atoms with E-state index in [1.807, 2.05) is 6.07 Å². The van der Waals surface area contributed by atoms with Gasteiger partial charge in [-0.3, -0.25) is 4.98 Å². The molecule has 3 aromatic rings. The van der Waals surface area contributed by atoms with Crippen molar-refractivity contribution in [2.45, 2.75) is 38.8 Å². The van der Waals surface area contributed by atoms with Gasteiger partial charge in [-0.25, -0.2) is 4.39 Å². The molecule has 2 heterocycles. The molecule has 0 spiro atoms. The number of nitrogens with one attached hydrogen (secondary N) is 2. The maximum absolute atomic E-state index is 13.6. The molecule has 1 fully saturated rings. The second kappa shape index (κ2) is 9.09. The van der Waals surface area contributed by atoms with Gasteiger partial charge in [0.2, 0.25) is 0 Å². The largest absolute Gasteiger partial charge is 0.366 e. The molecule has 0 atom stereocenters. The average molecular weight is 438 g/mol. The van der Waals surface area contributed by atoms with E-state index in [-0.39, 0.29) is 5.02 Å². The quantitative estimate of drug-likeness (QED) is 0.543. The Hall–Kier alpha value is -2.88. The Balaban J connectivity index is 1.81. The number of benzene rings is 2. The lowest BCUT2D eigenvalue weighted by Gasteiger charge is -2.39. The highest BCUT2D eigenvalue weighted by atomic mass is 35.5. The molecule has 0 amide bonds. The summed E-state index contributed by atoms with van der Waals surface area (Å²) >= 11 is 5.96. The molecule has 0 unspecified atom stereocenters. The number of piperidine rings is 1. The van der Waals surface area contributed by atoms with Crippen molar-refractivity contribution in [2.75, 3.05) is 23.3 Å². The molecule has 4 rings (SSSR count). The van der Waals surface area contributed by atoms with E-state index in [1.54, 1.807) is 12.3 Å². The van der Waals surface area contributed by atoms with E-state index in [0.29, 0.717) is 29.0 Å². The summed E-state index contributed by atoms with van der Waals surface area (Å²) < 4.78 is 13.6. The van der Waals surface area contributed by atoms with Gasteiger partial charge < -0.3 is 15.5 Å². The van der Waals surface area contributed by atoms with Crippen molar-refractivity contribution >= 4 is 39.6 Å². The van der Waals surface area contributed by atoms with E-state index < -0.39 is 5.82 Å². The Morgan fingerprint density at radius 1 is 1.23 bits per heavy atom. The molecule has 2 aromatic carbocycles. The van der Waals surface area contributed by atoms with Crippen LogP contribution in [0.15, 0.2) is 42.6 Å². The van der Waals surface area contributed by atoms with Gasteiger partial charge in [0, 0.05) is 35.0 Å². The Kier molecular flexibility index (Phi) is 6.26. The van der Waals surface area contributed by atoms with Gasteiger partial charge in [-0.15, -0.1) is 0 Å². The Morgan fingerprint density at radius 3 is 2.68 bits per heavy atom. The molecular formula is C24H25ClFN5. The van der Waals surface area contributed by atoms with Crippen LogP contribution in [0.5, 0.6) is 0 Å². The Labute approximate surface area is 186 Å². The number of anilines is 3. The number of nitriles is 1. The zero-order chi connectivity index (χ0) is 22.0. The molecule has 160 valence electrons. The van der Waals surface area contributed by atoms with Crippen molar-refractivity contribution in [1.82, 2.24) is 10.3 Å². The summed E-state index contributed by atoms with van der Waals surface area (Å²) in [7, 11) is 0. The van der Waals surface area contributed by atoms with E-state index in [9.17, 15) is 9.65 Å². The summed E-state index contributed by atoms with van der Waals surface area (Å²) in [6.07, 6.45) is 3.74. The fraction of sp³-hybridized carbons (Fsp3) is 0.333.